The third-order valence-electron chi connectivity index (χ3n) is 3.16. The van der Waals surface area contributed by atoms with Crippen molar-refractivity contribution in [3.8, 4) is 11.3 Å². The number of hydrogen-bond acceptors (Lipinski definition) is 2. The minimum Gasteiger partial charge on any atom is -0.464 e. The second-order valence-electron chi connectivity index (χ2n) is 4.25. The lowest BCUT2D eigenvalue weighted by Gasteiger charge is -2.11. The molecule has 2 heteroatoms. The number of furan rings is 1. The van der Waals surface area contributed by atoms with Crippen LogP contribution in [-0.2, 0) is 0 Å². The van der Waals surface area contributed by atoms with Gasteiger partial charge in [-0.3, -0.25) is 0 Å². The van der Waals surface area contributed by atoms with Gasteiger partial charge in [-0.1, -0.05) is 18.2 Å². The quantitative estimate of drug-likeness (QED) is 0.827. The molecule has 2 aromatic rings. The minimum absolute atomic E-state index is 0.523. The molecule has 1 N–H and O–H groups in total. The van der Waals surface area contributed by atoms with Crippen molar-refractivity contribution < 1.29 is 4.42 Å². The summed E-state index contributed by atoms with van der Waals surface area (Å²) in [6, 6.07) is 13.1. The van der Waals surface area contributed by atoms with E-state index in [0.29, 0.717) is 6.04 Å². The second-order valence-corrected chi connectivity index (χ2v) is 4.25. The van der Waals surface area contributed by atoms with Crippen LogP contribution < -0.4 is 5.32 Å². The summed E-state index contributed by atoms with van der Waals surface area (Å²) in [4.78, 5) is 0. The number of nitrogens with one attached hydrogen (secondary N) is 1. The van der Waals surface area contributed by atoms with Crippen molar-refractivity contribution in [1.82, 2.24) is 5.32 Å². The number of benzene rings is 1. The smallest absolute Gasteiger partial charge is 0.133 e. The van der Waals surface area contributed by atoms with Gasteiger partial charge in [-0.2, -0.15) is 0 Å². The topological polar surface area (TPSA) is 25.2 Å². The molecule has 1 aromatic heterocycles. The van der Waals surface area contributed by atoms with Crippen molar-refractivity contribution in [3.63, 3.8) is 0 Å². The lowest BCUT2D eigenvalue weighted by molar-refractivity contribution is 0.582. The van der Waals surface area contributed by atoms with Gasteiger partial charge in [0.25, 0.3) is 0 Å². The monoisotopic (exact) mass is 213 g/mol. The molecule has 2 nitrogen and oxygen atoms in total. The van der Waals surface area contributed by atoms with Gasteiger partial charge < -0.3 is 9.73 Å². The van der Waals surface area contributed by atoms with Crippen molar-refractivity contribution >= 4 is 0 Å². The van der Waals surface area contributed by atoms with E-state index >= 15 is 0 Å². The molecule has 0 radical (unpaired) electrons. The van der Waals surface area contributed by atoms with Crippen LogP contribution in [-0.4, -0.2) is 6.54 Å². The molecule has 3 rings (SSSR count). The Hall–Kier alpha value is -1.54. The first-order valence-electron chi connectivity index (χ1n) is 5.81. The van der Waals surface area contributed by atoms with Gasteiger partial charge in [-0.25, -0.2) is 0 Å². The van der Waals surface area contributed by atoms with Gasteiger partial charge in [-0.05, 0) is 43.1 Å². The number of rotatable bonds is 2. The van der Waals surface area contributed by atoms with Crippen molar-refractivity contribution in [1.29, 1.82) is 0 Å². The average molecular weight is 213 g/mol. The van der Waals surface area contributed by atoms with E-state index in [4.69, 9.17) is 4.42 Å². The van der Waals surface area contributed by atoms with Gasteiger partial charge in [-0.15, -0.1) is 0 Å². The summed E-state index contributed by atoms with van der Waals surface area (Å²) >= 11 is 0. The Kier molecular flexibility index (Phi) is 2.50. The fraction of sp³-hybridized carbons (Fsp3) is 0.286. The Bertz CT molecular complexity index is 455. The molecule has 0 amide bonds. The molecule has 1 aliphatic rings. The van der Waals surface area contributed by atoms with Crippen molar-refractivity contribution in [3.05, 3.63) is 48.2 Å². The van der Waals surface area contributed by atoms with Gasteiger partial charge in [0.2, 0.25) is 0 Å². The standard InChI is InChI=1S/C14H15NO/c1-4-11(13-6-2-8-15-13)10-12(5-1)14-7-3-9-16-14/h1,3-5,7,9-10,13,15H,2,6,8H2. The summed E-state index contributed by atoms with van der Waals surface area (Å²) in [5.74, 6) is 0.944. The molecular weight excluding hydrogens is 198 g/mol. The summed E-state index contributed by atoms with van der Waals surface area (Å²) in [5, 5.41) is 3.51. The van der Waals surface area contributed by atoms with Gasteiger partial charge in [0.15, 0.2) is 0 Å². The predicted octanol–water partition coefficient (Wildman–Crippen LogP) is 3.37. The molecule has 1 fully saturated rings. The van der Waals surface area contributed by atoms with E-state index in [0.717, 1.165) is 17.9 Å². The maximum Gasteiger partial charge on any atom is 0.133 e. The summed E-state index contributed by atoms with van der Waals surface area (Å²) in [6.45, 7) is 1.13. The van der Waals surface area contributed by atoms with E-state index in [9.17, 15) is 0 Å². The SMILES string of the molecule is c1cc(-c2ccco2)cc(C2CCCN2)c1. The summed E-state index contributed by atoms with van der Waals surface area (Å²) in [6.07, 6.45) is 4.23. The minimum atomic E-state index is 0.523. The normalized spacial score (nSPS) is 20.1. The van der Waals surface area contributed by atoms with E-state index in [1.54, 1.807) is 6.26 Å². The van der Waals surface area contributed by atoms with E-state index in [-0.39, 0.29) is 0 Å². The first kappa shape index (κ1) is 9.67. The van der Waals surface area contributed by atoms with Crippen molar-refractivity contribution in [2.45, 2.75) is 18.9 Å². The van der Waals surface area contributed by atoms with Crippen molar-refractivity contribution in [2.24, 2.45) is 0 Å². The molecule has 1 atom stereocenters. The van der Waals surface area contributed by atoms with E-state index in [1.165, 1.54) is 18.4 Å². The maximum absolute atomic E-state index is 5.42. The Morgan fingerprint density at radius 1 is 1.19 bits per heavy atom. The molecule has 0 spiro atoms. The highest BCUT2D eigenvalue weighted by Gasteiger charge is 2.16. The van der Waals surface area contributed by atoms with Crippen LogP contribution in [0.4, 0.5) is 0 Å². The molecular formula is C14H15NO. The third kappa shape index (κ3) is 1.76. The maximum atomic E-state index is 5.42. The molecule has 0 bridgehead atoms. The highest BCUT2D eigenvalue weighted by Crippen LogP contribution is 2.27. The van der Waals surface area contributed by atoms with Crippen LogP contribution in [0.25, 0.3) is 11.3 Å². The average Bonchev–Trinajstić information content (AvgIpc) is 3.03. The summed E-state index contributed by atoms with van der Waals surface area (Å²) in [5.41, 5.74) is 2.53. The largest absolute Gasteiger partial charge is 0.464 e. The second kappa shape index (κ2) is 4.14. The van der Waals surface area contributed by atoms with Crippen molar-refractivity contribution in [2.75, 3.05) is 6.54 Å². The van der Waals surface area contributed by atoms with Crippen LogP contribution in [0.15, 0.2) is 47.1 Å². The third-order valence-corrected chi connectivity index (χ3v) is 3.16. The molecule has 16 heavy (non-hydrogen) atoms. The highest BCUT2D eigenvalue weighted by atomic mass is 16.3. The first-order chi connectivity index (χ1) is 7.93. The molecule has 0 saturated carbocycles. The molecule has 1 aliphatic heterocycles. The lowest BCUT2D eigenvalue weighted by atomic mass is 10.0. The summed E-state index contributed by atoms with van der Waals surface area (Å²) in [7, 11) is 0. The Balaban J connectivity index is 1.93. The van der Waals surface area contributed by atoms with E-state index < -0.39 is 0 Å². The van der Waals surface area contributed by atoms with Gasteiger partial charge in [0, 0.05) is 11.6 Å². The molecule has 1 aromatic carbocycles. The molecule has 82 valence electrons. The number of hydrogen-bond donors (Lipinski definition) is 1. The molecule has 1 saturated heterocycles. The fourth-order valence-electron chi connectivity index (χ4n) is 2.32. The Morgan fingerprint density at radius 3 is 2.94 bits per heavy atom. The molecule has 0 aliphatic carbocycles. The van der Waals surface area contributed by atoms with Crippen LogP contribution in [0.3, 0.4) is 0 Å². The zero-order chi connectivity index (χ0) is 10.8. The zero-order valence-electron chi connectivity index (χ0n) is 9.15. The Labute approximate surface area is 95.3 Å². The molecule has 1 unspecified atom stereocenters. The van der Waals surface area contributed by atoms with Crippen LogP contribution >= 0.6 is 0 Å². The van der Waals surface area contributed by atoms with Gasteiger partial charge >= 0.3 is 0 Å². The first-order valence-corrected chi connectivity index (χ1v) is 5.81. The molecule has 2 heterocycles. The van der Waals surface area contributed by atoms with Gasteiger partial charge in [0.1, 0.15) is 5.76 Å². The van der Waals surface area contributed by atoms with Crippen LogP contribution in [0.1, 0.15) is 24.4 Å². The zero-order valence-corrected chi connectivity index (χ0v) is 9.15. The lowest BCUT2D eigenvalue weighted by Crippen LogP contribution is -2.12. The van der Waals surface area contributed by atoms with Crippen LogP contribution in [0.5, 0.6) is 0 Å². The highest BCUT2D eigenvalue weighted by molar-refractivity contribution is 5.58. The van der Waals surface area contributed by atoms with E-state index in [2.05, 4.69) is 29.6 Å². The predicted molar refractivity (Wildman–Crippen MR) is 64.1 cm³/mol. The fourth-order valence-corrected chi connectivity index (χ4v) is 2.32. The van der Waals surface area contributed by atoms with Gasteiger partial charge in [0.05, 0.1) is 6.26 Å². The Morgan fingerprint density at radius 2 is 2.19 bits per heavy atom. The summed E-state index contributed by atoms with van der Waals surface area (Å²) < 4.78 is 5.42. The van der Waals surface area contributed by atoms with E-state index in [1.807, 2.05) is 12.1 Å². The van der Waals surface area contributed by atoms with Crippen LogP contribution in [0, 0.1) is 0 Å². The van der Waals surface area contributed by atoms with Crippen LogP contribution in [0.2, 0.25) is 0 Å².